The van der Waals surface area contributed by atoms with E-state index in [2.05, 4.69) is 44.5 Å². The summed E-state index contributed by atoms with van der Waals surface area (Å²) in [6.07, 6.45) is 5.80. The molecular formula is C18H22N4O2. The molecule has 126 valence electrons. The van der Waals surface area contributed by atoms with Crippen molar-refractivity contribution in [3.63, 3.8) is 0 Å². The second-order valence-electron chi connectivity index (χ2n) is 6.29. The molecule has 6 heteroatoms. The zero-order valence-electron chi connectivity index (χ0n) is 13.6. The van der Waals surface area contributed by atoms with Crippen LogP contribution in [0.4, 0.5) is 4.79 Å². The van der Waals surface area contributed by atoms with Gasteiger partial charge in [-0.1, -0.05) is 30.3 Å². The van der Waals surface area contributed by atoms with Crippen LogP contribution in [-0.2, 0) is 12.0 Å². The molecule has 1 aliphatic rings. The van der Waals surface area contributed by atoms with Crippen molar-refractivity contribution in [1.29, 1.82) is 0 Å². The third-order valence-electron chi connectivity index (χ3n) is 4.75. The highest BCUT2D eigenvalue weighted by Crippen LogP contribution is 2.34. The van der Waals surface area contributed by atoms with Gasteiger partial charge in [-0.25, -0.2) is 4.79 Å². The fraction of sp³-hybridized carbons (Fsp3) is 0.389. The Morgan fingerprint density at radius 2 is 1.96 bits per heavy atom. The van der Waals surface area contributed by atoms with Crippen LogP contribution >= 0.6 is 0 Å². The molecule has 0 atom stereocenters. The van der Waals surface area contributed by atoms with E-state index in [0.717, 1.165) is 38.2 Å². The molecule has 0 unspecified atom stereocenters. The minimum Gasteiger partial charge on any atom is -0.465 e. The molecule has 2 heterocycles. The van der Waals surface area contributed by atoms with Gasteiger partial charge in [-0.15, -0.1) is 0 Å². The van der Waals surface area contributed by atoms with Crippen LogP contribution in [0.15, 0.2) is 48.9 Å². The fourth-order valence-electron chi connectivity index (χ4n) is 3.32. The Morgan fingerprint density at radius 3 is 2.58 bits per heavy atom. The molecule has 0 saturated carbocycles. The van der Waals surface area contributed by atoms with Crippen LogP contribution in [0.1, 0.15) is 24.1 Å². The minimum atomic E-state index is -0.995. The van der Waals surface area contributed by atoms with Gasteiger partial charge in [-0.2, -0.15) is 0 Å². The first-order valence-electron chi connectivity index (χ1n) is 8.18. The highest BCUT2D eigenvalue weighted by molar-refractivity contribution is 5.64. The molecule has 1 aromatic carbocycles. The van der Waals surface area contributed by atoms with Gasteiger partial charge in [0.15, 0.2) is 0 Å². The van der Waals surface area contributed by atoms with E-state index in [1.54, 1.807) is 18.6 Å². The third-order valence-corrected chi connectivity index (χ3v) is 4.75. The number of carboxylic acid groups (broad SMARTS) is 1. The summed E-state index contributed by atoms with van der Waals surface area (Å²) in [6.45, 7) is 3.11. The molecule has 1 aliphatic heterocycles. The second kappa shape index (κ2) is 7.40. The molecule has 2 aromatic rings. The summed E-state index contributed by atoms with van der Waals surface area (Å²) in [5, 5.41) is 11.5. The maximum Gasteiger partial charge on any atom is 0.404 e. The molecular weight excluding hydrogens is 304 g/mol. The van der Waals surface area contributed by atoms with E-state index in [4.69, 9.17) is 5.11 Å². The SMILES string of the molecule is O=C(O)NCC1(c2cnccn2)CCN(Cc2ccccc2)CC1. The van der Waals surface area contributed by atoms with Gasteiger partial charge < -0.3 is 10.4 Å². The Kier molecular flexibility index (Phi) is 5.05. The highest BCUT2D eigenvalue weighted by Gasteiger charge is 2.38. The summed E-state index contributed by atoms with van der Waals surface area (Å²) in [4.78, 5) is 22.0. The van der Waals surface area contributed by atoms with Crippen molar-refractivity contribution in [3.05, 3.63) is 60.2 Å². The summed E-state index contributed by atoms with van der Waals surface area (Å²) in [5.41, 5.74) is 1.89. The molecule has 0 aliphatic carbocycles. The number of carbonyl (C=O) groups is 1. The number of likely N-dealkylation sites (tertiary alicyclic amines) is 1. The Balaban J connectivity index is 1.69. The predicted molar refractivity (Wildman–Crippen MR) is 90.7 cm³/mol. The number of nitrogens with zero attached hydrogens (tertiary/aromatic N) is 3. The third kappa shape index (κ3) is 3.89. The van der Waals surface area contributed by atoms with Crippen molar-refractivity contribution < 1.29 is 9.90 Å². The van der Waals surface area contributed by atoms with Crippen molar-refractivity contribution in [1.82, 2.24) is 20.2 Å². The first kappa shape index (κ1) is 16.4. The second-order valence-corrected chi connectivity index (χ2v) is 6.29. The molecule has 0 radical (unpaired) electrons. The zero-order valence-corrected chi connectivity index (χ0v) is 13.6. The standard InChI is InChI=1S/C18H22N4O2/c23-17(24)21-14-18(16-12-19-8-9-20-16)6-10-22(11-7-18)13-15-4-2-1-3-5-15/h1-5,8-9,12,21H,6-7,10-11,13-14H2,(H,23,24). The molecule has 1 saturated heterocycles. The Hall–Kier alpha value is -2.47. The normalized spacial score (nSPS) is 17.3. The van der Waals surface area contributed by atoms with E-state index >= 15 is 0 Å². The number of nitrogens with one attached hydrogen (secondary N) is 1. The average Bonchev–Trinajstić information content (AvgIpc) is 2.63. The largest absolute Gasteiger partial charge is 0.465 e. The fourth-order valence-corrected chi connectivity index (χ4v) is 3.32. The van der Waals surface area contributed by atoms with E-state index in [0.29, 0.717) is 6.54 Å². The first-order chi connectivity index (χ1) is 11.7. The number of benzene rings is 1. The van der Waals surface area contributed by atoms with Gasteiger partial charge in [0.05, 0.1) is 5.69 Å². The van der Waals surface area contributed by atoms with Gasteiger partial charge in [-0.3, -0.25) is 14.9 Å². The van der Waals surface area contributed by atoms with Gasteiger partial charge in [0, 0.05) is 37.1 Å². The van der Waals surface area contributed by atoms with Gasteiger partial charge in [0.2, 0.25) is 0 Å². The van der Waals surface area contributed by atoms with Crippen LogP contribution < -0.4 is 5.32 Å². The number of rotatable bonds is 5. The molecule has 6 nitrogen and oxygen atoms in total. The monoisotopic (exact) mass is 326 g/mol. The van der Waals surface area contributed by atoms with Crippen molar-refractivity contribution >= 4 is 6.09 Å². The molecule has 1 amide bonds. The number of hydrogen-bond acceptors (Lipinski definition) is 4. The van der Waals surface area contributed by atoms with Gasteiger partial charge in [0.25, 0.3) is 0 Å². The number of piperidine rings is 1. The van der Waals surface area contributed by atoms with E-state index < -0.39 is 6.09 Å². The lowest BCUT2D eigenvalue weighted by Crippen LogP contribution is -2.49. The van der Waals surface area contributed by atoms with Crippen LogP contribution in [0.2, 0.25) is 0 Å². The zero-order chi connectivity index (χ0) is 16.8. The van der Waals surface area contributed by atoms with E-state index in [1.165, 1.54) is 5.56 Å². The summed E-state index contributed by atoms with van der Waals surface area (Å²) in [5.74, 6) is 0. The molecule has 1 fully saturated rings. The predicted octanol–water partition coefficient (Wildman–Crippen LogP) is 2.28. The van der Waals surface area contributed by atoms with Gasteiger partial charge >= 0.3 is 6.09 Å². The van der Waals surface area contributed by atoms with Crippen molar-refractivity contribution in [2.75, 3.05) is 19.6 Å². The Labute approximate surface area is 141 Å². The summed E-state index contributed by atoms with van der Waals surface area (Å²) >= 11 is 0. The van der Waals surface area contributed by atoms with Crippen molar-refractivity contribution in [2.45, 2.75) is 24.8 Å². The molecule has 0 bridgehead atoms. The first-order valence-corrected chi connectivity index (χ1v) is 8.18. The van der Waals surface area contributed by atoms with Crippen molar-refractivity contribution in [2.24, 2.45) is 0 Å². The number of amides is 1. The quantitative estimate of drug-likeness (QED) is 0.881. The van der Waals surface area contributed by atoms with Crippen LogP contribution in [-0.4, -0.2) is 45.7 Å². The van der Waals surface area contributed by atoms with Crippen LogP contribution in [0.3, 0.4) is 0 Å². The van der Waals surface area contributed by atoms with Crippen LogP contribution in [0.25, 0.3) is 0 Å². The number of aromatic nitrogens is 2. The lowest BCUT2D eigenvalue weighted by atomic mass is 9.75. The van der Waals surface area contributed by atoms with Crippen molar-refractivity contribution in [3.8, 4) is 0 Å². The van der Waals surface area contributed by atoms with E-state index in [9.17, 15) is 4.79 Å². The van der Waals surface area contributed by atoms with E-state index in [1.807, 2.05) is 6.07 Å². The highest BCUT2D eigenvalue weighted by atomic mass is 16.4. The maximum absolute atomic E-state index is 11.0. The lowest BCUT2D eigenvalue weighted by molar-refractivity contribution is 0.142. The number of hydrogen-bond donors (Lipinski definition) is 2. The Morgan fingerprint density at radius 1 is 1.21 bits per heavy atom. The molecule has 24 heavy (non-hydrogen) atoms. The van der Waals surface area contributed by atoms with Crippen LogP contribution in [0, 0.1) is 0 Å². The molecule has 2 N–H and O–H groups in total. The maximum atomic E-state index is 11.0. The minimum absolute atomic E-state index is 0.278. The van der Waals surface area contributed by atoms with Crippen LogP contribution in [0.5, 0.6) is 0 Å². The van der Waals surface area contributed by atoms with Gasteiger partial charge in [0.1, 0.15) is 0 Å². The Bertz CT molecular complexity index is 655. The summed E-state index contributed by atoms with van der Waals surface area (Å²) < 4.78 is 0. The average molecular weight is 326 g/mol. The summed E-state index contributed by atoms with van der Waals surface area (Å²) in [7, 11) is 0. The molecule has 3 rings (SSSR count). The van der Waals surface area contributed by atoms with E-state index in [-0.39, 0.29) is 5.41 Å². The lowest BCUT2D eigenvalue weighted by Gasteiger charge is -2.41. The molecule has 0 spiro atoms. The summed E-state index contributed by atoms with van der Waals surface area (Å²) in [6, 6.07) is 10.4. The van der Waals surface area contributed by atoms with Gasteiger partial charge in [-0.05, 0) is 31.5 Å². The topological polar surface area (TPSA) is 78.3 Å². The molecule has 1 aromatic heterocycles. The smallest absolute Gasteiger partial charge is 0.404 e.